The summed E-state index contributed by atoms with van der Waals surface area (Å²) in [5.41, 5.74) is 0. The van der Waals surface area contributed by atoms with E-state index in [0.717, 1.165) is 18.6 Å². The monoisotopic (exact) mass is 273 g/mol. The molecule has 0 saturated heterocycles. The quantitative estimate of drug-likeness (QED) is 0.784. The van der Waals surface area contributed by atoms with Gasteiger partial charge >= 0.3 is 6.01 Å². The molecule has 0 spiro atoms. The van der Waals surface area contributed by atoms with Crippen molar-refractivity contribution < 1.29 is 9.15 Å². The van der Waals surface area contributed by atoms with Gasteiger partial charge in [0, 0.05) is 6.42 Å². The number of rotatable bonds is 5. The summed E-state index contributed by atoms with van der Waals surface area (Å²) in [5.74, 6) is 0.917. The topological polar surface area (TPSA) is 61.0 Å². The molecule has 0 atom stereocenters. The third kappa shape index (κ3) is 3.87. The molecule has 2 rings (SSSR count). The van der Waals surface area contributed by atoms with E-state index < -0.39 is 0 Å². The molecule has 2 aromatic rings. The molecule has 0 fully saturated rings. The second kappa shape index (κ2) is 5.84. The standard InChI is InChI=1S/C10H9Cl2N3O2/c11-8-13-9(12)15-10(14-8)17-6-2-4-7-3-1-5-16-7/h1,3,5H,2,4,6H2. The van der Waals surface area contributed by atoms with E-state index in [1.54, 1.807) is 6.26 Å². The molecule has 0 unspecified atom stereocenters. The van der Waals surface area contributed by atoms with Crippen LogP contribution < -0.4 is 4.74 Å². The van der Waals surface area contributed by atoms with Crippen molar-refractivity contribution in [3.8, 4) is 6.01 Å². The van der Waals surface area contributed by atoms with Crippen LogP contribution in [0.15, 0.2) is 22.8 Å². The van der Waals surface area contributed by atoms with Crippen molar-refractivity contribution in [2.75, 3.05) is 6.61 Å². The SMILES string of the molecule is Clc1nc(Cl)nc(OCCCc2ccco2)n1. The minimum Gasteiger partial charge on any atom is -0.469 e. The molecule has 0 bridgehead atoms. The Labute approximate surface area is 108 Å². The van der Waals surface area contributed by atoms with Crippen LogP contribution >= 0.6 is 23.2 Å². The fourth-order valence-electron chi connectivity index (χ4n) is 1.24. The maximum absolute atomic E-state index is 5.60. The number of halogens is 2. The van der Waals surface area contributed by atoms with E-state index in [0.29, 0.717) is 6.61 Å². The van der Waals surface area contributed by atoms with Crippen LogP contribution in [-0.4, -0.2) is 21.6 Å². The molecule has 0 saturated carbocycles. The van der Waals surface area contributed by atoms with Crippen LogP contribution in [0.3, 0.4) is 0 Å². The largest absolute Gasteiger partial charge is 0.469 e. The van der Waals surface area contributed by atoms with Crippen LogP contribution in [-0.2, 0) is 6.42 Å². The lowest BCUT2D eigenvalue weighted by molar-refractivity contribution is 0.282. The molecule has 17 heavy (non-hydrogen) atoms. The van der Waals surface area contributed by atoms with E-state index in [9.17, 15) is 0 Å². The van der Waals surface area contributed by atoms with Crippen LogP contribution in [0.4, 0.5) is 0 Å². The first kappa shape index (κ1) is 12.1. The molecule has 0 N–H and O–H groups in total. The van der Waals surface area contributed by atoms with Crippen LogP contribution in [0, 0.1) is 0 Å². The van der Waals surface area contributed by atoms with E-state index in [2.05, 4.69) is 15.0 Å². The zero-order valence-corrected chi connectivity index (χ0v) is 10.3. The van der Waals surface area contributed by atoms with E-state index in [4.69, 9.17) is 32.4 Å². The molecule has 0 aliphatic carbocycles. The van der Waals surface area contributed by atoms with Crippen LogP contribution in [0.2, 0.25) is 10.6 Å². The second-order valence-corrected chi connectivity index (χ2v) is 3.86. The zero-order valence-electron chi connectivity index (χ0n) is 8.77. The van der Waals surface area contributed by atoms with Gasteiger partial charge in [0.2, 0.25) is 10.6 Å². The van der Waals surface area contributed by atoms with Gasteiger partial charge in [0.15, 0.2) is 0 Å². The lowest BCUT2D eigenvalue weighted by Gasteiger charge is -2.03. The van der Waals surface area contributed by atoms with Crippen LogP contribution in [0.25, 0.3) is 0 Å². The van der Waals surface area contributed by atoms with E-state index in [-0.39, 0.29) is 16.6 Å². The number of hydrogen-bond donors (Lipinski definition) is 0. The Hall–Kier alpha value is -1.33. The number of aromatic nitrogens is 3. The Morgan fingerprint density at radius 2 is 1.94 bits per heavy atom. The van der Waals surface area contributed by atoms with E-state index in [1.165, 1.54) is 0 Å². The van der Waals surface area contributed by atoms with Gasteiger partial charge in [-0.15, -0.1) is 0 Å². The lowest BCUT2D eigenvalue weighted by atomic mass is 10.3. The van der Waals surface area contributed by atoms with Crippen molar-refractivity contribution >= 4 is 23.2 Å². The average molecular weight is 274 g/mol. The highest BCUT2D eigenvalue weighted by molar-refractivity contribution is 6.31. The normalized spacial score (nSPS) is 10.5. The van der Waals surface area contributed by atoms with Crippen molar-refractivity contribution in [3.05, 3.63) is 34.7 Å². The molecule has 2 aromatic heterocycles. The Bertz CT molecular complexity index is 456. The Morgan fingerprint density at radius 3 is 2.59 bits per heavy atom. The molecule has 0 radical (unpaired) electrons. The summed E-state index contributed by atoms with van der Waals surface area (Å²) in [7, 11) is 0. The van der Waals surface area contributed by atoms with Gasteiger partial charge in [-0.1, -0.05) is 0 Å². The maximum atomic E-state index is 5.60. The fourth-order valence-corrected chi connectivity index (χ4v) is 1.59. The Morgan fingerprint density at radius 1 is 1.18 bits per heavy atom. The smallest absolute Gasteiger partial charge is 0.322 e. The van der Waals surface area contributed by atoms with Crippen molar-refractivity contribution in [1.29, 1.82) is 0 Å². The molecule has 0 amide bonds. The van der Waals surface area contributed by atoms with Gasteiger partial charge in [-0.2, -0.15) is 15.0 Å². The molecule has 0 aromatic carbocycles. The first-order valence-corrected chi connectivity index (χ1v) is 5.72. The molecule has 90 valence electrons. The summed E-state index contributed by atoms with van der Waals surface area (Å²) in [6.07, 6.45) is 3.22. The number of ether oxygens (including phenoxy) is 1. The fraction of sp³-hybridized carbons (Fsp3) is 0.300. The summed E-state index contributed by atoms with van der Waals surface area (Å²) in [5, 5.41) is 0.0390. The van der Waals surface area contributed by atoms with Gasteiger partial charge in [0.1, 0.15) is 5.76 Å². The highest BCUT2D eigenvalue weighted by Crippen LogP contribution is 2.12. The first-order valence-electron chi connectivity index (χ1n) is 4.96. The average Bonchev–Trinajstić information content (AvgIpc) is 2.76. The molecular weight excluding hydrogens is 265 g/mol. The van der Waals surface area contributed by atoms with Crippen molar-refractivity contribution in [3.63, 3.8) is 0 Å². The highest BCUT2D eigenvalue weighted by Gasteiger charge is 2.04. The van der Waals surface area contributed by atoms with Gasteiger partial charge < -0.3 is 9.15 Å². The predicted molar refractivity (Wildman–Crippen MR) is 62.4 cm³/mol. The lowest BCUT2D eigenvalue weighted by Crippen LogP contribution is -2.03. The van der Waals surface area contributed by atoms with Gasteiger partial charge in [0.25, 0.3) is 0 Å². The summed E-state index contributed by atoms with van der Waals surface area (Å²) < 4.78 is 10.5. The molecule has 7 heteroatoms. The molecular formula is C10H9Cl2N3O2. The van der Waals surface area contributed by atoms with Crippen molar-refractivity contribution in [2.45, 2.75) is 12.8 Å². The highest BCUT2D eigenvalue weighted by atomic mass is 35.5. The third-order valence-corrected chi connectivity index (χ3v) is 2.28. The number of hydrogen-bond acceptors (Lipinski definition) is 5. The third-order valence-electron chi connectivity index (χ3n) is 1.94. The number of aryl methyl sites for hydroxylation is 1. The van der Waals surface area contributed by atoms with Gasteiger partial charge in [-0.3, -0.25) is 0 Å². The van der Waals surface area contributed by atoms with Crippen LogP contribution in [0.1, 0.15) is 12.2 Å². The van der Waals surface area contributed by atoms with E-state index >= 15 is 0 Å². The minimum atomic E-state index is 0.0195. The summed E-state index contributed by atoms with van der Waals surface area (Å²) in [4.78, 5) is 11.2. The van der Waals surface area contributed by atoms with Crippen molar-refractivity contribution in [2.24, 2.45) is 0 Å². The maximum Gasteiger partial charge on any atom is 0.322 e. The molecule has 0 aliphatic rings. The number of furan rings is 1. The molecule has 0 aliphatic heterocycles. The molecule has 5 nitrogen and oxygen atoms in total. The molecule has 2 heterocycles. The van der Waals surface area contributed by atoms with E-state index in [1.807, 2.05) is 12.1 Å². The summed E-state index contributed by atoms with van der Waals surface area (Å²) >= 11 is 11.2. The zero-order chi connectivity index (χ0) is 12.1. The second-order valence-electron chi connectivity index (χ2n) is 3.19. The predicted octanol–water partition coefficient (Wildman–Crippen LogP) is 2.78. The van der Waals surface area contributed by atoms with Crippen molar-refractivity contribution in [1.82, 2.24) is 15.0 Å². The summed E-state index contributed by atoms with van der Waals surface area (Å²) in [6, 6.07) is 3.90. The first-order chi connectivity index (χ1) is 8.24. The summed E-state index contributed by atoms with van der Waals surface area (Å²) in [6.45, 7) is 0.456. The minimum absolute atomic E-state index is 0.0195. The van der Waals surface area contributed by atoms with Gasteiger partial charge in [-0.05, 0) is 41.8 Å². The van der Waals surface area contributed by atoms with Gasteiger partial charge in [0.05, 0.1) is 12.9 Å². The Balaban J connectivity index is 1.78. The van der Waals surface area contributed by atoms with Gasteiger partial charge in [-0.25, -0.2) is 0 Å². The Kier molecular flexibility index (Phi) is 4.17. The number of nitrogens with zero attached hydrogens (tertiary/aromatic N) is 3. The van der Waals surface area contributed by atoms with Crippen LogP contribution in [0.5, 0.6) is 6.01 Å².